The number of hydrogen-bond donors (Lipinski definition) is 1. The number of benzene rings is 3. The third-order valence-corrected chi connectivity index (χ3v) is 4.70. The minimum atomic E-state index is -0.169. The summed E-state index contributed by atoms with van der Waals surface area (Å²) in [7, 11) is 0. The highest BCUT2D eigenvalue weighted by atomic mass is 16.5. The highest BCUT2D eigenvalue weighted by Crippen LogP contribution is 2.27. The van der Waals surface area contributed by atoms with Crippen LogP contribution in [0.3, 0.4) is 0 Å². The van der Waals surface area contributed by atoms with Crippen molar-refractivity contribution in [1.82, 2.24) is 0 Å². The van der Waals surface area contributed by atoms with Gasteiger partial charge >= 0.3 is 0 Å². The second-order valence-electron chi connectivity index (χ2n) is 6.56. The highest BCUT2D eigenvalue weighted by Gasteiger charge is 2.24. The fourth-order valence-corrected chi connectivity index (χ4v) is 3.25. The first-order valence-electron chi connectivity index (χ1n) is 9.18. The first-order valence-corrected chi connectivity index (χ1v) is 9.18. The van der Waals surface area contributed by atoms with Crippen LogP contribution in [-0.4, -0.2) is 25.0 Å². The zero-order chi connectivity index (χ0) is 19.3. The molecule has 0 aromatic heterocycles. The number of carbonyl (C=O) groups is 2. The van der Waals surface area contributed by atoms with Gasteiger partial charge in [0.1, 0.15) is 5.75 Å². The van der Waals surface area contributed by atoms with Crippen molar-refractivity contribution in [1.29, 1.82) is 0 Å². The number of ether oxygens (including phenoxy) is 1. The Balaban J connectivity index is 1.33. The van der Waals surface area contributed by atoms with Crippen molar-refractivity contribution >= 4 is 23.2 Å². The molecule has 0 saturated heterocycles. The molecule has 4 rings (SSSR count). The second-order valence-corrected chi connectivity index (χ2v) is 6.56. The summed E-state index contributed by atoms with van der Waals surface area (Å²) in [5, 5.41) is 2.84. The summed E-state index contributed by atoms with van der Waals surface area (Å²) in [6.45, 7) is 0.663. The fourth-order valence-electron chi connectivity index (χ4n) is 3.25. The molecule has 0 aliphatic carbocycles. The monoisotopic (exact) mass is 372 g/mol. The molecule has 1 heterocycles. The van der Waals surface area contributed by atoms with Crippen molar-refractivity contribution in [3.63, 3.8) is 0 Å². The first kappa shape index (κ1) is 17.8. The lowest BCUT2D eigenvalue weighted by Gasteiger charge is -2.17. The summed E-state index contributed by atoms with van der Waals surface area (Å²) >= 11 is 0. The number of amides is 2. The molecule has 1 aliphatic rings. The van der Waals surface area contributed by atoms with Crippen LogP contribution < -0.4 is 15.0 Å². The van der Waals surface area contributed by atoms with E-state index in [0.29, 0.717) is 23.5 Å². The van der Waals surface area contributed by atoms with E-state index in [1.54, 1.807) is 41.3 Å². The van der Waals surface area contributed by atoms with Gasteiger partial charge in [-0.3, -0.25) is 9.59 Å². The molecule has 5 heteroatoms. The smallest absolute Gasteiger partial charge is 0.264 e. The molecule has 0 bridgehead atoms. The molecule has 0 radical (unpaired) electrons. The van der Waals surface area contributed by atoms with Crippen molar-refractivity contribution in [2.45, 2.75) is 6.42 Å². The van der Waals surface area contributed by atoms with E-state index in [4.69, 9.17) is 4.74 Å². The average Bonchev–Trinajstić information content (AvgIpc) is 3.18. The van der Waals surface area contributed by atoms with Gasteiger partial charge in [0.25, 0.3) is 11.8 Å². The maximum absolute atomic E-state index is 12.5. The fraction of sp³-hybridized carbons (Fsp3) is 0.130. The molecular weight excluding hydrogens is 352 g/mol. The van der Waals surface area contributed by atoms with Crippen LogP contribution in [0.1, 0.15) is 15.9 Å². The third-order valence-electron chi connectivity index (χ3n) is 4.70. The predicted molar refractivity (Wildman–Crippen MR) is 109 cm³/mol. The number of anilines is 2. The molecule has 0 saturated carbocycles. The molecule has 140 valence electrons. The number of hydrogen-bond acceptors (Lipinski definition) is 3. The zero-order valence-electron chi connectivity index (χ0n) is 15.3. The highest BCUT2D eigenvalue weighted by molar-refractivity contribution is 6.04. The molecule has 3 aromatic rings. The summed E-state index contributed by atoms with van der Waals surface area (Å²) in [6.07, 6.45) is 0.873. The zero-order valence-corrected chi connectivity index (χ0v) is 15.3. The topological polar surface area (TPSA) is 58.6 Å². The maximum atomic E-state index is 12.5. The largest absolute Gasteiger partial charge is 0.484 e. The van der Waals surface area contributed by atoms with Crippen LogP contribution in [0.4, 0.5) is 11.4 Å². The molecule has 2 amide bonds. The van der Waals surface area contributed by atoms with E-state index in [0.717, 1.165) is 12.1 Å². The van der Waals surface area contributed by atoms with Gasteiger partial charge in [-0.1, -0.05) is 36.4 Å². The van der Waals surface area contributed by atoms with Crippen LogP contribution >= 0.6 is 0 Å². The van der Waals surface area contributed by atoms with Gasteiger partial charge in [0, 0.05) is 23.5 Å². The lowest BCUT2D eigenvalue weighted by molar-refractivity contribution is -0.120. The molecule has 0 atom stereocenters. The Morgan fingerprint density at radius 3 is 2.39 bits per heavy atom. The van der Waals surface area contributed by atoms with Gasteiger partial charge in [-0.25, -0.2) is 0 Å². The molecule has 0 unspecified atom stereocenters. The van der Waals surface area contributed by atoms with Gasteiger partial charge in [0.2, 0.25) is 0 Å². The van der Waals surface area contributed by atoms with Crippen LogP contribution in [0, 0.1) is 0 Å². The van der Waals surface area contributed by atoms with Gasteiger partial charge < -0.3 is 15.0 Å². The second kappa shape index (κ2) is 7.96. The molecule has 1 N–H and O–H groups in total. The Morgan fingerprint density at radius 2 is 1.61 bits per heavy atom. The van der Waals surface area contributed by atoms with Crippen molar-refractivity contribution in [3.8, 4) is 5.75 Å². The van der Waals surface area contributed by atoms with E-state index in [1.807, 2.05) is 42.5 Å². The number of nitrogens with zero attached hydrogens (tertiary/aromatic N) is 1. The Bertz CT molecular complexity index is 984. The number of carbonyl (C=O) groups excluding carboxylic acids is 2. The standard InChI is InChI=1S/C23H20N2O3/c26-22(25-15-14-17-6-4-5-9-21(17)25)16-28-20-12-10-19(11-13-20)24-23(27)18-7-2-1-3-8-18/h1-13H,14-16H2,(H,24,27). The van der Waals surface area contributed by atoms with Crippen molar-refractivity contribution < 1.29 is 14.3 Å². The molecule has 0 spiro atoms. The van der Waals surface area contributed by atoms with E-state index in [-0.39, 0.29) is 18.4 Å². The maximum Gasteiger partial charge on any atom is 0.264 e. The van der Waals surface area contributed by atoms with Crippen LogP contribution in [0.15, 0.2) is 78.9 Å². The van der Waals surface area contributed by atoms with Gasteiger partial charge in [0.15, 0.2) is 6.61 Å². The van der Waals surface area contributed by atoms with Crippen molar-refractivity contribution in [3.05, 3.63) is 90.0 Å². The van der Waals surface area contributed by atoms with Crippen LogP contribution in [0.5, 0.6) is 5.75 Å². The van der Waals surface area contributed by atoms with Crippen LogP contribution in [-0.2, 0) is 11.2 Å². The quantitative estimate of drug-likeness (QED) is 0.739. The lowest BCUT2D eigenvalue weighted by Crippen LogP contribution is -2.33. The van der Waals surface area contributed by atoms with Crippen LogP contribution in [0.25, 0.3) is 0 Å². The van der Waals surface area contributed by atoms with Gasteiger partial charge in [-0.15, -0.1) is 0 Å². The summed E-state index contributed by atoms with van der Waals surface area (Å²) < 4.78 is 5.64. The average molecular weight is 372 g/mol. The third kappa shape index (κ3) is 3.88. The Labute approximate surface area is 163 Å². The summed E-state index contributed by atoms with van der Waals surface area (Å²) in [5.74, 6) is 0.349. The van der Waals surface area contributed by atoms with Crippen LogP contribution in [0.2, 0.25) is 0 Å². The van der Waals surface area contributed by atoms with Gasteiger partial charge in [-0.2, -0.15) is 0 Å². The van der Waals surface area contributed by atoms with E-state index in [2.05, 4.69) is 5.32 Å². The molecule has 3 aromatic carbocycles. The number of para-hydroxylation sites is 1. The Morgan fingerprint density at radius 1 is 0.893 bits per heavy atom. The normalized spacial score (nSPS) is 12.4. The molecule has 1 aliphatic heterocycles. The van der Waals surface area contributed by atoms with Gasteiger partial charge in [-0.05, 0) is 54.4 Å². The van der Waals surface area contributed by atoms with E-state index < -0.39 is 0 Å². The molecule has 28 heavy (non-hydrogen) atoms. The van der Waals surface area contributed by atoms with Gasteiger partial charge in [0.05, 0.1) is 0 Å². The molecular formula is C23H20N2O3. The number of nitrogens with one attached hydrogen (secondary N) is 1. The summed E-state index contributed by atoms with van der Waals surface area (Å²) in [6, 6.07) is 24.0. The predicted octanol–water partition coefficient (Wildman–Crippen LogP) is 3.91. The Kier molecular flexibility index (Phi) is 5.06. The van der Waals surface area contributed by atoms with Crippen molar-refractivity contribution in [2.75, 3.05) is 23.4 Å². The number of fused-ring (bicyclic) bond motifs is 1. The number of rotatable bonds is 5. The SMILES string of the molecule is O=C(Nc1ccc(OCC(=O)N2CCc3ccccc32)cc1)c1ccccc1. The lowest BCUT2D eigenvalue weighted by atomic mass is 10.2. The van der Waals surface area contributed by atoms with E-state index in [1.165, 1.54) is 5.56 Å². The minimum Gasteiger partial charge on any atom is -0.484 e. The molecule has 5 nitrogen and oxygen atoms in total. The summed E-state index contributed by atoms with van der Waals surface area (Å²) in [5.41, 5.74) is 3.42. The minimum absolute atomic E-state index is 0.0238. The van der Waals surface area contributed by atoms with E-state index in [9.17, 15) is 9.59 Å². The Hall–Kier alpha value is -3.60. The molecule has 0 fully saturated rings. The summed E-state index contributed by atoms with van der Waals surface area (Å²) in [4.78, 5) is 26.4. The first-order chi connectivity index (χ1) is 13.7. The van der Waals surface area contributed by atoms with E-state index >= 15 is 0 Å². The van der Waals surface area contributed by atoms with Crippen molar-refractivity contribution in [2.24, 2.45) is 0 Å².